The lowest BCUT2D eigenvalue weighted by molar-refractivity contribution is 0.427. The van der Waals surface area contributed by atoms with Gasteiger partial charge in [-0.15, -0.1) is 35.0 Å². The Kier molecular flexibility index (Phi) is 5.59. The standard InChI is InChI=1S/C13H18N4.2ClH/c1-9(11-6-7-11)14-10(2)13-16-15-12-5-3-4-8-17(12)13;;/h3-5,8-11,14H,6-7H2,1-2H3;2*1H. The third kappa shape index (κ3) is 3.38. The van der Waals surface area contributed by atoms with Crippen molar-refractivity contribution < 1.29 is 0 Å². The average molecular weight is 303 g/mol. The summed E-state index contributed by atoms with van der Waals surface area (Å²) in [6, 6.07) is 6.78. The Morgan fingerprint density at radius 3 is 2.63 bits per heavy atom. The van der Waals surface area contributed by atoms with Gasteiger partial charge in [-0.05, 0) is 44.7 Å². The predicted octanol–water partition coefficient (Wildman–Crippen LogP) is 3.02. The Hall–Kier alpha value is -0.840. The van der Waals surface area contributed by atoms with Crippen LogP contribution in [0.3, 0.4) is 0 Å². The summed E-state index contributed by atoms with van der Waals surface area (Å²) in [5.41, 5.74) is 0.912. The minimum atomic E-state index is 0. The molecule has 106 valence electrons. The van der Waals surface area contributed by atoms with Crippen molar-refractivity contribution in [3.05, 3.63) is 30.2 Å². The lowest BCUT2D eigenvalue weighted by Crippen LogP contribution is -2.31. The zero-order valence-electron chi connectivity index (χ0n) is 11.1. The Labute approximate surface area is 125 Å². The minimum Gasteiger partial charge on any atom is -0.305 e. The molecular formula is C13H20Cl2N4. The van der Waals surface area contributed by atoms with Crippen LogP contribution in [0.2, 0.25) is 0 Å². The van der Waals surface area contributed by atoms with Gasteiger partial charge in [0.1, 0.15) is 0 Å². The highest BCUT2D eigenvalue weighted by atomic mass is 35.5. The number of nitrogens with zero attached hydrogens (tertiary/aromatic N) is 3. The number of hydrogen-bond acceptors (Lipinski definition) is 3. The van der Waals surface area contributed by atoms with Crippen molar-refractivity contribution in [2.24, 2.45) is 5.92 Å². The highest BCUT2D eigenvalue weighted by Gasteiger charge is 2.29. The van der Waals surface area contributed by atoms with Crippen LogP contribution in [0.25, 0.3) is 5.65 Å². The number of rotatable bonds is 4. The average Bonchev–Trinajstić information content (AvgIpc) is 3.09. The quantitative estimate of drug-likeness (QED) is 0.944. The van der Waals surface area contributed by atoms with Gasteiger partial charge in [0.15, 0.2) is 11.5 Å². The maximum Gasteiger partial charge on any atom is 0.160 e. The van der Waals surface area contributed by atoms with E-state index in [0.717, 1.165) is 17.4 Å². The summed E-state index contributed by atoms with van der Waals surface area (Å²) in [5, 5.41) is 12.1. The van der Waals surface area contributed by atoms with Crippen LogP contribution < -0.4 is 5.32 Å². The molecule has 4 nitrogen and oxygen atoms in total. The van der Waals surface area contributed by atoms with E-state index in [-0.39, 0.29) is 30.9 Å². The van der Waals surface area contributed by atoms with Crippen LogP contribution >= 0.6 is 24.8 Å². The second-order valence-corrected chi connectivity index (χ2v) is 5.00. The van der Waals surface area contributed by atoms with E-state index in [9.17, 15) is 0 Å². The van der Waals surface area contributed by atoms with E-state index in [1.807, 2.05) is 24.4 Å². The van der Waals surface area contributed by atoms with Crippen LogP contribution in [-0.2, 0) is 0 Å². The SMILES string of the molecule is CC(NC(C)C1CC1)c1nnc2ccccn12.Cl.Cl. The third-order valence-corrected chi connectivity index (χ3v) is 3.57. The number of fused-ring (bicyclic) bond motifs is 1. The molecule has 2 heterocycles. The summed E-state index contributed by atoms with van der Waals surface area (Å²) in [4.78, 5) is 0. The molecule has 2 aromatic rings. The number of nitrogens with one attached hydrogen (secondary N) is 1. The molecule has 0 saturated heterocycles. The highest BCUT2D eigenvalue weighted by molar-refractivity contribution is 5.85. The maximum absolute atomic E-state index is 4.28. The van der Waals surface area contributed by atoms with Crippen molar-refractivity contribution >= 4 is 30.5 Å². The largest absolute Gasteiger partial charge is 0.305 e. The van der Waals surface area contributed by atoms with Gasteiger partial charge >= 0.3 is 0 Å². The minimum absolute atomic E-state index is 0. The van der Waals surface area contributed by atoms with Crippen molar-refractivity contribution in [3.63, 3.8) is 0 Å². The summed E-state index contributed by atoms with van der Waals surface area (Å²) in [5.74, 6) is 1.85. The van der Waals surface area contributed by atoms with Crippen LogP contribution in [0, 0.1) is 5.92 Å². The second kappa shape index (κ2) is 6.55. The highest BCUT2D eigenvalue weighted by Crippen LogP contribution is 2.33. The second-order valence-electron chi connectivity index (χ2n) is 5.00. The molecule has 2 aromatic heterocycles. The number of halogens is 2. The first-order chi connectivity index (χ1) is 8.25. The molecule has 1 N–H and O–H groups in total. The van der Waals surface area contributed by atoms with E-state index < -0.39 is 0 Å². The molecule has 6 heteroatoms. The summed E-state index contributed by atoms with van der Waals surface area (Å²) in [6.07, 6.45) is 4.74. The van der Waals surface area contributed by atoms with Crippen molar-refractivity contribution in [1.82, 2.24) is 19.9 Å². The molecule has 0 amide bonds. The number of hydrogen-bond donors (Lipinski definition) is 1. The Morgan fingerprint density at radius 1 is 1.21 bits per heavy atom. The van der Waals surface area contributed by atoms with E-state index in [4.69, 9.17) is 0 Å². The van der Waals surface area contributed by atoms with Crippen LogP contribution in [0.1, 0.15) is 38.6 Å². The first-order valence-electron chi connectivity index (χ1n) is 6.31. The van der Waals surface area contributed by atoms with E-state index in [2.05, 4.69) is 33.8 Å². The Balaban J connectivity index is 0.000000902. The molecule has 3 rings (SSSR count). The topological polar surface area (TPSA) is 42.2 Å². The fraction of sp³-hybridized carbons (Fsp3) is 0.538. The lowest BCUT2D eigenvalue weighted by atomic mass is 10.2. The smallest absolute Gasteiger partial charge is 0.160 e. The fourth-order valence-corrected chi connectivity index (χ4v) is 2.36. The molecule has 0 aromatic carbocycles. The van der Waals surface area contributed by atoms with Crippen molar-refractivity contribution in [2.45, 2.75) is 38.8 Å². The number of aromatic nitrogens is 3. The Bertz CT molecular complexity index is 524. The summed E-state index contributed by atoms with van der Waals surface area (Å²) >= 11 is 0. The molecule has 1 aliphatic carbocycles. The van der Waals surface area contributed by atoms with Crippen LogP contribution in [0.5, 0.6) is 0 Å². The van der Waals surface area contributed by atoms with Gasteiger partial charge in [-0.3, -0.25) is 4.40 Å². The molecule has 1 saturated carbocycles. The van der Waals surface area contributed by atoms with E-state index in [1.165, 1.54) is 12.8 Å². The van der Waals surface area contributed by atoms with Crippen molar-refractivity contribution in [1.29, 1.82) is 0 Å². The zero-order valence-corrected chi connectivity index (χ0v) is 12.7. The van der Waals surface area contributed by atoms with Crippen LogP contribution in [-0.4, -0.2) is 20.6 Å². The van der Waals surface area contributed by atoms with Gasteiger partial charge in [-0.2, -0.15) is 0 Å². The van der Waals surface area contributed by atoms with Crippen molar-refractivity contribution in [3.8, 4) is 0 Å². The Morgan fingerprint density at radius 2 is 1.95 bits per heavy atom. The third-order valence-electron chi connectivity index (χ3n) is 3.57. The molecule has 0 aliphatic heterocycles. The molecule has 19 heavy (non-hydrogen) atoms. The molecule has 1 aliphatic rings. The van der Waals surface area contributed by atoms with Gasteiger partial charge in [0.2, 0.25) is 0 Å². The summed E-state index contributed by atoms with van der Waals surface area (Å²) < 4.78 is 2.05. The van der Waals surface area contributed by atoms with Gasteiger partial charge in [-0.1, -0.05) is 6.07 Å². The van der Waals surface area contributed by atoms with Crippen LogP contribution in [0.4, 0.5) is 0 Å². The molecule has 1 fully saturated rings. The molecule has 2 atom stereocenters. The monoisotopic (exact) mass is 302 g/mol. The fourth-order valence-electron chi connectivity index (χ4n) is 2.36. The van der Waals surface area contributed by atoms with Gasteiger partial charge in [0, 0.05) is 12.2 Å². The summed E-state index contributed by atoms with van der Waals surface area (Å²) in [6.45, 7) is 4.42. The predicted molar refractivity (Wildman–Crippen MR) is 81.2 cm³/mol. The normalized spacial score (nSPS) is 17.4. The van der Waals surface area contributed by atoms with Gasteiger partial charge < -0.3 is 5.32 Å². The molecule has 0 radical (unpaired) electrons. The first kappa shape index (κ1) is 16.2. The van der Waals surface area contributed by atoms with E-state index >= 15 is 0 Å². The van der Waals surface area contributed by atoms with Crippen LogP contribution in [0.15, 0.2) is 24.4 Å². The summed E-state index contributed by atoms with van der Waals surface area (Å²) in [7, 11) is 0. The molecular weight excluding hydrogens is 283 g/mol. The lowest BCUT2D eigenvalue weighted by Gasteiger charge is -2.18. The van der Waals surface area contributed by atoms with E-state index in [1.54, 1.807) is 0 Å². The van der Waals surface area contributed by atoms with Crippen molar-refractivity contribution in [2.75, 3.05) is 0 Å². The number of pyridine rings is 1. The van der Waals surface area contributed by atoms with Gasteiger partial charge in [0.25, 0.3) is 0 Å². The van der Waals surface area contributed by atoms with Gasteiger partial charge in [-0.25, -0.2) is 0 Å². The van der Waals surface area contributed by atoms with Gasteiger partial charge in [0.05, 0.1) is 6.04 Å². The zero-order chi connectivity index (χ0) is 11.8. The first-order valence-corrected chi connectivity index (χ1v) is 6.31. The molecule has 0 bridgehead atoms. The van der Waals surface area contributed by atoms with E-state index in [0.29, 0.717) is 6.04 Å². The molecule has 2 unspecified atom stereocenters. The molecule has 0 spiro atoms. The maximum atomic E-state index is 4.28.